The van der Waals surface area contributed by atoms with E-state index in [4.69, 9.17) is 5.73 Å². The van der Waals surface area contributed by atoms with Crippen molar-refractivity contribution in [2.75, 3.05) is 24.1 Å². The lowest BCUT2D eigenvalue weighted by molar-refractivity contribution is -0.228. The molecule has 3 saturated carbocycles. The van der Waals surface area contributed by atoms with Crippen LogP contribution in [0.25, 0.3) is 21.1 Å². The molecule has 2 bridgehead atoms. The van der Waals surface area contributed by atoms with E-state index in [0.717, 1.165) is 74.1 Å². The smallest absolute Gasteiger partial charge is 0.368 e. The summed E-state index contributed by atoms with van der Waals surface area (Å²) in [5.74, 6) is 1.02. The Hall–Kier alpha value is -3.89. The summed E-state index contributed by atoms with van der Waals surface area (Å²) in [7, 11) is 0. The number of hydrogen-bond acceptors (Lipinski definition) is 8. The van der Waals surface area contributed by atoms with Gasteiger partial charge in [0.05, 0.1) is 11.8 Å². The van der Waals surface area contributed by atoms with E-state index in [2.05, 4.69) is 62.1 Å². The summed E-state index contributed by atoms with van der Waals surface area (Å²) < 4.78 is 41.2. The molecule has 4 N–H and O–H groups in total. The molecular formula is C34H39F3N8OS. The van der Waals surface area contributed by atoms with Crippen LogP contribution < -0.4 is 16.4 Å². The average molecular weight is 665 g/mol. The number of nitriles is 1. The molecule has 1 saturated heterocycles. The lowest BCUT2D eigenvalue weighted by atomic mass is 9.33. The summed E-state index contributed by atoms with van der Waals surface area (Å²) in [6.45, 7) is 9.51. The molecule has 4 aromatic rings. The Morgan fingerprint density at radius 3 is 2.60 bits per heavy atom. The number of rotatable bonds is 9. The van der Waals surface area contributed by atoms with Crippen LogP contribution >= 0.6 is 11.3 Å². The molecule has 3 aliphatic carbocycles. The van der Waals surface area contributed by atoms with E-state index >= 15 is 0 Å². The van der Waals surface area contributed by atoms with E-state index < -0.39 is 12.6 Å². The minimum absolute atomic E-state index is 0.0419. The first kappa shape index (κ1) is 31.7. The van der Waals surface area contributed by atoms with Crippen molar-refractivity contribution in [2.45, 2.75) is 90.1 Å². The summed E-state index contributed by atoms with van der Waals surface area (Å²) in [6.07, 6.45) is -1.18. The Bertz CT molecular complexity index is 1910. The zero-order chi connectivity index (χ0) is 33.3. The van der Waals surface area contributed by atoms with Crippen molar-refractivity contribution in [2.24, 2.45) is 11.3 Å². The van der Waals surface area contributed by atoms with Gasteiger partial charge in [0.15, 0.2) is 0 Å². The van der Waals surface area contributed by atoms with Crippen LogP contribution in [-0.2, 0) is 24.3 Å². The van der Waals surface area contributed by atoms with E-state index in [9.17, 15) is 23.2 Å². The second kappa shape index (κ2) is 11.4. The number of nitrogens with zero attached hydrogens (tertiary/aromatic N) is 5. The molecule has 0 radical (unpaired) electrons. The highest BCUT2D eigenvalue weighted by Gasteiger charge is 2.74. The highest BCUT2D eigenvalue weighted by molar-refractivity contribution is 7.18. The first-order valence-corrected chi connectivity index (χ1v) is 17.1. The van der Waals surface area contributed by atoms with Crippen LogP contribution in [0.2, 0.25) is 0 Å². The Kier molecular flexibility index (Phi) is 7.67. The zero-order valence-electron chi connectivity index (χ0n) is 26.8. The SMILES string of the molecule is CCC(=O)NC12CC(Cn3c(C#N)cc4c(C)c(CN5CCC(Nc6nc(N)nc7sc(CC(F)(F)F)cc67)CC5)ccc43)(C1)[C@@H]2C. The van der Waals surface area contributed by atoms with Gasteiger partial charge in [0.1, 0.15) is 22.4 Å². The third kappa shape index (κ3) is 5.59. The molecule has 1 amide bonds. The number of carbonyl (C=O) groups is 1. The second-order valence-corrected chi connectivity index (χ2v) is 15.0. The quantitative estimate of drug-likeness (QED) is 0.192. The fraction of sp³-hybridized carbons (Fsp3) is 0.529. The molecule has 0 unspecified atom stereocenters. The van der Waals surface area contributed by atoms with Gasteiger partial charge in [0.2, 0.25) is 11.9 Å². The molecule has 47 heavy (non-hydrogen) atoms. The summed E-state index contributed by atoms with van der Waals surface area (Å²) in [6, 6.07) is 10.4. The van der Waals surface area contributed by atoms with Gasteiger partial charge in [-0.1, -0.05) is 19.9 Å². The lowest BCUT2D eigenvalue weighted by Gasteiger charge is -2.76. The number of nitrogens with one attached hydrogen (secondary N) is 2. The zero-order valence-corrected chi connectivity index (χ0v) is 27.6. The molecule has 1 aromatic carbocycles. The highest BCUT2D eigenvalue weighted by atomic mass is 32.1. The number of hydrogen-bond donors (Lipinski definition) is 3. The van der Waals surface area contributed by atoms with Crippen LogP contribution in [0.15, 0.2) is 24.3 Å². The number of nitrogen functional groups attached to an aromatic ring is 1. The molecule has 13 heteroatoms. The molecule has 4 heterocycles. The van der Waals surface area contributed by atoms with E-state index in [1.54, 1.807) is 0 Å². The molecule has 9 nitrogen and oxygen atoms in total. The fourth-order valence-corrected chi connectivity index (χ4v) is 9.34. The van der Waals surface area contributed by atoms with Crippen LogP contribution in [0.3, 0.4) is 0 Å². The number of piperidine rings is 1. The predicted octanol–water partition coefficient (Wildman–Crippen LogP) is 6.28. The lowest BCUT2D eigenvalue weighted by Crippen LogP contribution is -2.81. The van der Waals surface area contributed by atoms with Gasteiger partial charge in [-0.05, 0) is 73.3 Å². The van der Waals surface area contributed by atoms with Crippen LogP contribution in [0, 0.1) is 29.6 Å². The maximum Gasteiger partial charge on any atom is 0.393 e. The number of thiophene rings is 1. The first-order valence-electron chi connectivity index (χ1n) is 16.3. The monoisotopic (exact) mass is 664 g/mol. The van der Waals surface area contributed by atoms with Crippen molar-refractivity contribution in [1.82, 2.24) is 24.8 Å². The molecule has 1 aliphatic heterocycles. The van der Waals surface area contributed by atoms with Crippen molar-refractivity contribution in [3.63, 3.8) is 0 Å². The van der Waals surface area contributed by atoms with Crippen LogP contribution in [-0.4, -0.2) is 56.2 Å². The van der Waals surface area contributed by atoms with Crippen molar-refractivity contribution >= 4 is 50.1 Å². The fourth-order valence-electron chi connectivity index (χ4n) is 8.28. The number of alkyl halides is 3. The number of carbonyl (C=O) groups excluding carboxylic acids is 1. The molecule has 248 valence electrons. The number of halogens is 3. The van der Waals surface area contributed by atoms with Gasteiger partial charge in [-0.25, -0.2) is 4.98 Å². The molecule has 3 aromatic heterocycles. The average Bonchev–Trinajstić information content (AvgIpc) is 3.58. The third-order valence-corrected chi connectivity index (χ3v) is 12.0. The number of likely N-dealkylation sites (tertiary alicyclic amines) is 1. The van der Waals surface area contributed by atoms with Crippen LogP contribution in [0.4, 0.5) is 24.9 Å². The number of fused-ring (bicyclic) bond motifs is 2. The highest BCUT2D eigenvalue weighted by Crippen LogP contribution is 2.72. The summed E-state index contributed by atoms with van der Waals surface area (Å²) >= 11 is 1.00. The normalized spacial score (nSPS) is 24.6. The number of aromatic nitrogens is 3. The minimum Gasteiger partial charge on any atom is -0.368 e. The van der Waals surface area contributed by atoms with Gasteiger partial charge < -0.3 is 20.9 Å². The van der Waals surface area contributed by atoms with Crippen molar-refractivity contribution < 1.29 is 18.0 Å². The molecule has 4 fully saturated rings. The second-order valence-electron chi connectivity index (χ2n) is 13.9. The number of nitrogens with two attached hydrogens (primary N) is 1. The summed E-state index contributed by atoms with van der Waals surface area (Å²) in [4.78, 5) is 23.6. The Morgan fingerprint density at radius 2 is 1.94 bits per heavy atom. The predicted molar refractivity (Wildman–Crippen MR) is 177 cm³/mol. The maximum atomic E-state index is 13.0. The maximum absolute atomic E-state index is 13.0. The Balaban J connectivity index is 1.01. The van der Waals surface area contributed by atoms with E-state index in [-0.39, 0.29) is 33.7 Å². The topological polar surface area (TPSA) is 125 Å². The molecule has 1 atom stereocenters. The number of aryl methyl sites for hydroxylation is 1. The van der Waals surface area contributed by atoms with Gasteiger partial charge in [-0.15, -0.1) is 11.3 Å². The molecule has 4 aliphatic rings. The largest absolute Gasteiger partial charge is 0.393 e. The van der Waals surface area contributed by atoms with Gasteiger partial charge in [0, 0.05) is 60.0 Å². The van der Waals surface area contributed by atoms with Crippen LogP contribution in [0.1, 0.15) is 67.6 Å². The Labute approximate surface area is 275 Å². The number of anilines is 2. The molecule has 0 spiro atoms. The van der Waals surface area contributed by atoms with Gasteiger partial charge in [0.25, 0.3) is 0 Å². The van der Waals surface area contributed by atoms with E-state index in [0.29, 0.717) is 34.1 Å². The van der Waals surface area contributed by atoms with Gasteiger partial charge >= 0.3 is 6.18 Å². The van der Waals surface area contributed by atoms with Crippen molar-refractivity contribution in [3.05, 3.63) is 46.0 Å². The van der Waals surface area contributed by atoms with Crippen molar-refractivity contribution in [3.8, 4) is 6.07 Å². The van der Waals surface area contributed by atoms with Gasteiger partial charge in [-0.3, -0.25) is 9.69 Å². The third-order valence-electron chi connectivity index (χ3n) is 11.0. The van der Waals surface area contributed by atoms with Gasteiger partial charge in [-0.2, -0.15) is 23.4 Å². The Morgan fingerprint density at radius 1 is 1.19 bits per heavy atom. The summed E-state index contributed by atoms with van der Waals surface area (Å²) in [5.41, 5.74) is 10.1. The van der Waals surface area contributed by atoms with Crippen LogP contribution in [0.5, 0.6) is 0 Å². The van der Waals surface area contributed by atoms with Crippen molar-refractivity contribution in [1.29, 1.82) is 5.26 Å². The summed E-state index contributed by atoms with van der Waals surface area (Å²) in [5, 5.41) is 18.4. The standard InChI is InChI=1S/C34H39F3N8OS/c1-4-28(46)43-33-16-32(17-33,20(33)3)18-45-23(14-38)11-25-19(2)21(5-6-27(25)45)15-44-9-7-22(8-10-44)40-29-26-12-24(13-34(35,36)37)47-30(26)42-31(39)41-29/h5-6,11-12,20,22H,4,7-10,13,15-18H2,1-3H3,(H,43,46)(H3,39,40,41,42)/t20-,32?,33?/m0/s1. The number of benzene rings is 1. The number of amides is 1. The molecular weight excluding hydrogens is 625 g/mol. The van der Waals surface area contributed by atoms with E-state index in [1.165, 1.54) is 17.2 Å². The minimum atomic E-state index is -4.29. The van der Waals surface area contributed by atoms with E-state index in [1.807, 2.05) is 13.0 Å². The molecule has 8 rings (SSSR count). The first-order chi connectivity index (χ1) is 22.3.